The third-order valence-corrected chi connectivity index (χ3v) is 4.92. The largest absolute Gasteiger partial charge is 0.481 e. The van der Waals surface area contributed by atoms with Crippen LogP contribution in [0.15, 0.2) is 48.7 Å². The zero-order chi connectivity index (χ0) is 18.6. The topological polar surface area (TPSA) is 79.7 Å². The van der Waals surface area contributed by atoms with Gasteiger partial charge >= 0.3 is 5.97 Å². The molecule has 3 rings (SSSR count). The first-order valence-corrected chi connectivity index (χ1v) is 8.74. The van der Waals surface area contributed by atoms with Gasteiger partial charge in [-0.3, -0.25) is 9.59 Å². The molecule has 0 radical (unpaired) electrons. The Labute approximate surface area is 152 Å². The average Bonchev–Trinajstić information content (AvgIpc) is 2.69. The number of rotatable bonds is 5. The Balaban J connectivity index is 1.79. The number of carboxylic acid groups (broad SMARTS) is 1. The minimum absolute atomic E-state index is 0.173. The number of hydrogen-bond acceptors (Lipinski definition) is 4. The Morgan fingerprint density at radius 3 is 2.46 bits per heavy atom. The van der Waals surface area contributed by atoms with Crippen LogP contribution in [0.4, 0.5) is 0 Å². The number of benzene rings is 1. The van der Waals surface area contributed by atoms with Gasteiger partial charge in [0, 0.05) is 19.3 Å². The van der Waals surface area contributed by atoms with Crippen LogP contribution in [0.25, 0.3) is 0 Å². The highest BCUT2D eigenvalue weighted by molar-refractivity contribution is 5.96. The molecule has 0 atom stereocenters. The van der Waals surface area contributed by atoms with Crippen LogP contribution in [-0.2, 0) is 10.2 Å². The molecule has 1 fully saturated rings. The molecule has 1 aliphatic rings. The number of aromatic nitrogens is 1. The third kappa shape index (κ3) is 3.27. The maximum Gasteiger partial charge on any atom is 0.314 e. The Hall–Kier alpha value is -2.89. The maximum atomic E-state index is 12.9. The van der Waals surface area contributed by atoms with E-state index in [0.717, 1.165) is 5.56 Å². The second-order valence-electron chi connectivity index (χ2n) is 6.33. The summed E-state index contributed by atoms with van der Waals surface area (Å²) < 4.78 is 5.44. The summed E-state index contributed by atoms with van der Waals surface area (Å²) in [7, 11) is 0. The highest BCUT2D eigenvalue weighted by Gasteiger charge is 2.44. The molecule has 1 aromatic carbocycles. The van der Waals surface area contributed by atoms with E-state index in [4.69, 9.17) is 4.74 Å². The zero-order valence-electron chi connectivity index (χ0n) is 14.7. The van der Waals surface area contributed by atoms with Gasteiger partial charge < -0.3 is 14.7 Å². The molecule has 1 aromatic heterocycles. The summed E-state index contributed by atoms with van der Waals surface area (Å²) in [5.41, 5.74) is 0.253. The molecule has 6 nitrogen and oxygen atoms in total. The van der Waals surface area contributed by atoms with Crippen LogP contribution < -0.4 is 4.74 Å². The molecule has 0 saturated carbocycles. The molecular formula is C20H22N2O4. The Morgan fingerprint density at radius 1 is 1.15 bits per heavy atom. The lowest BCUT2D eigenvalue weighted by Gasteiger charge is -2.39. The van der Waals surface area contributed by atoms with Gasteiger partial charge in [-0.25, -0.2) is 4.98 Å². The van der Waals surface area contributed by atoms with Crippen molar-refractivity contribution >= 4 is 11.9 Å². The molecule has 1 saturated heterocycles. The fourth-order valence-electron chi connectivity index (χ4n) is 3.45. The van der Waals surface area contributed by atoms with E-state index in [-0.39, 0.29) is 5.91 Å². The predicted molar refractivity (Wildman–Crippen MR) is 96.3 cm³/mol. The second-order valence-corrected chi connectivity index (χ2v) is 6.33. The number of carbonyl (C=O) groups is 2. The van der Waals surface area contributed by atoms with Crippen molar-refractivity contribution in [3.05, 3.63) is 59.8 Å². The number of ether oxygens (including phenoxy) is 1. The number of piperidine rings is 1. The van der Waals surface area contributed by atoms with Gasteiger partial charge in [0.1, 0.15) is 5.56 Å². The average molecular weight is 354 g/mol. The molecule has 1 aliphatic heterocycles. The first-order valence-electron chi connectivity index (χ1n) is 8.74. The molecule has 136 valence electrons. The number of pyridine rings is 1. The number of nitrogens with zero attached hydrogens (tertiary/aromatic N) is 2. The second kappa shape index (κ2) is 7.56. The number of carboxylic acids is 1. The lowest BCUT2D eigenvalue weighted by Crippen LogP contribution is -2.49. The molecule has 0 bridgehead atoms. The standard InChI is InChI=1S/C20H22N2O4/c1-2-26-17-16(9-6-12-21-17)18(23)22-13-10-20(11-14-22,19(24)25)15-7-4-3-5-8-15/h3-9,12H,2,10-11,13-14H2,1H3,(H,24,25). The number of amides is 1. The minimum atomic E-state index is -0.949. The molecular weight excluding hydrogens is 332 g/mol. The monoisotopic (exact) mass is 354 g/mol. The Morgan fingerprint density at radius 2 is 1.85 bits per heavy atom. The number of likely N-dealkylation sites (tertiary alicyclic amines) is 1. The number of aliphatic carboxylic acids is 1. The van der Waals surface area contributed by atoms with Crippen LogP contribution >= 0.6 is 0 Å². The van der Waals surface area contributed by atoms with Crippen molar-refractivity contribution in [1.82, 2.24) is 9.88 Å². The first kappa shape index (κ1) is 17.9. The summed E-state index contributed by atoms with van der Waals surface area (Å²) in [6.45, 7) is 3.01. The van der Waals surface area contributed by atoms with Gasteiger partial charge in [-0.2, -0.15) is 0 Å². The van der Waals surface area contributed by atoms with Gasteiger partial charge in [0.25, 0.3) is 5.91 Å². The van der Waals surface area contributed by atoms with Crippen molar-refractivity contribution in [2.24, 2.45) is 0 Å². The lowest BCUT2D eigenvalue weighted by molar-refractivity contribution is -0.145. The highest BCUT2D eigenvalue weighted by Crippen LogP contribution is 2.36. The van der Waals surface area contributed by atoms with Crippen molar-refractivity contribution < 1.29 is 19.4 Å². The summed E-state index contributed by atoms with van der Waals surface area (Å²) >= 11 is 0. The van der Waals surface area contributed by atoms with Crippen molar-refractivity contribution in [3.8, 4) is 5.88 Å². The summed E-state index contributed by atoms with van der Waals surface area (Å²) in [6, 6.07) is 12.7. The van der Waals surface area contributed by atoms with Crippen LogP contribution in [0.2, 0.25) is 0 Å². The molecule has 6 heteroatoms. The van der Waals surface area contributed by atoms with Crippen molar-refractivity contribution in [2.45, 2.75) is 25.2 Å². The van der Waals surface area contributed by atoms with E-state index >= 15 is 0 Å². The molecule has 0 spiro atoms. The molecule has 2 aromatic rings. The van der Waals surface area contributed by atoms with E-state index < -0.39 is 11.4 Å². The minimum Gasteiger partial charge on any atom is -0.481 e. The van der Waals surface area contributed by atoms with Gasteiger partial charge in [0.05, 0.1) is 12.0 Å². The van der Waals surface area contributed by atoms with Crippen LogP contribution in [0, 0.1) is 0 Å². The quantitative estimate of drug-likeness (QED) is 0.893. The maximum absolute atomic E-state index is 12.9. The van der Waals surface area contributed by atoms with Gasteiger partial charge in [-0.05, 0) is 37.5 Å². The van der Waals surface area contributed by atoms with E-state index in [1.54, 1.807) is 23.2 Å². The molecule has 0 aliphatic carbocycles. The van der Waals surface area contributed by atoms with Crippen LogP contribution in [0.5, 0.6) is 5.88 Å². The van der Waals surface area contributed by atoms with Gasteiger partial charge in [0.15, 0.2) is 0 Å². The SMILES string of the molecule is CCOc1ncccc1C(=O)N1CCC(C(=O)O)(c2ccccc2)CC1. The Bertz CT molecular complexity index is 783. The van der Waals surface area contributed by atoms with Gasteiger partial charge in [-0.15, -0.1) is 0 Å². The first-order chi connectivity index (χ1) is 12.6. The van der Waals surface area contributed by atoms with Crippen LogP contribution in [0.1, 0.15) is 35.7 Å². The lowest BCUT2D eigenvalue weighted by atomic mass is 9.73. The summed E-state index contributed by atoms with van der Waals surface area (Å²) in [5.74, 6) is -0.695. The van der Waals surface area contributed by atoms with Crippen LogP contribution in [0.3, 0.4) is 0 Å². The van der Waals surface area contributed by atoms with Gasteiger partial charge in [-0.1, -0.05) is 30.3 Å². The number of carbonyl (C=O) groups excluding carboxylic acids is 1. The van der Waals surface area contributed by atoms with Crippen LogP contribution in [-0.4, -0.2) is 46.6 Å². The van der Waals surface area contributed by atoms with Crippen molar-refractivity contribution in [1.29, 1.82) is 0 Å². The molecule has 1 N–H and O–H groups in total. The van der Waals surface area contributed by atoms with E-state index in [9.17, 15) is 14.7 Å². The van der Waals surface area contributed by atoms with Gasteiger partial charge in [0.2, 0.25) is 5.88 Å². The third-order valence-electron chi connectivity index (χ3n) is 4.92. The smallest absolute Gasteiger partial charge is 0.314 e. The highest BCUT2D eigenvalue weighted by atomic mass is 16.5. The summed E-state index contributed by atoms with van der Waals surface area (Å²) in [5, 5.41) is 9.86. The fraction of sp³-hybridized carbons (Fsp3) is 0.350. The summed E-state index contributed by atoms with van der Waals surface area (Å²) in [6.07, 6.45) is 2.34. The fourth-order valence-corrected chi connectivity index (χ4v) is 3.45. The molecule has 2 heterocycles. The summed E-state index contributed by atoms with van der Waals surface area (Å²) in [4.78, 5) is 30.7. The predicted octanol–water partition coefficient (Wildman–Crippen LogP) is 2.74. The van der Waals surface area contributed by atoms with E-state index in [1.807, 2.05) is 37.3 Å². The van der Waals surface area contributed by atoms with Crippen molar-refractivity contribution in [3.63, 3.8) is 0 Å². The van der Waals surface area contributed by atoms with E-state index in [1.165, 1.54) is 0 Å². The number of hydrogen-bond donors (Lipinski definition) is 1. The van der Waals surface area contributed by atoms with E-state index in [2.05, 4.69) is 4.98 Å². The van der Waals surface area contributed by atoms with Crippen molar-refractivity contribution in [2.75, 3.05) is 19.7 Å². The molecule has 26 heavy (non-hydrogen) atoms. The molecule has 1 amide bonds. The zero-order valence-corrected chi connectivity index (χ0v) is 14.7. The Kier molecular flexibility index (Phi) is 5.21. The van der Waals surface area contributed by atoms with E-state index in [0.29, 0.717) is 44.0 Å². The molecule has 0 unspecified atom stereocenters. The normalized spacial score (nSPS) is 16.1.